The Morgan fingerprint density at radius 1 is 1.00 bits per heavy atom. The molecular formula is C16H14N4OS. The number of hydrogen-bond donors (Lipinski definition) is 2. The lowest BCUT2D eigenvalue weighted by Gasteiger charge is -2.07. The first-order valence-electron chi connectivity index (χ1n) is 6.77. The van der Waals surface area contributed by atoms with Crippen molar-refractivity contribution in [2.75, 3.05) is 5.32 Å². The van der Waals surface area contributed by atoms with Crippen LogP contribution in [0.1, 0.15) is 5.76 Å². The fraction of sp³-hybridized carbons (Fsp3) is 0.0625. The summed E-state index contributed by atoms with van der Waals surface area (Å²) in [6.07, 6.45) is 3.30. The van der Waals surface area contributed by atoms with E-state index in [4.69, 9.17) is 16.6 Å². The van der Waals surface area contributed by atoms with Crippen molar-refractivity contribution in [1.29, 1.82) is 0 Å². The predicted molar refractivity (Wildman–Crippen MR) is 89.2 cm³/mol. The van der Waals surface area contributed by atoms with Gasteiger partial charge in [0.25, 0.3) is 0 Å². The Hall–Kier alpha value is -2.73. The van der Waals surface area contributed by atoms with Crippen molar-refractivity contribution in [3.8, 4) is 11.3 Å². The summed E-state index contributed by atoms with van der Waals surface area (Å²) in [6, 6.07) is 15.6. The number of rotatable bonds is 4. The minimum Gasteiger partial charge on any atom is -0.459 e. The molecule has 110 valence electrons. The summed E-state index contributed by atoms with van der Waals surface area (Å²) in [5, 5.41) is 6.41. The van der Waals surface area contributed by atoms with Gasteiger partial charge < -0.3 is 15.1 Å². The molecule has 0 amide bonds. The van der Waals surface area contributed by atoms with E-state index in [2.05, 4.69) is 20.6 Å². The molecule has 0 saturated carbocycles. The quantitative estimate of drug-likeness (QED) is 0.721. The highest BCUT2D eigenvalue weighted by Crippen LogP contribution is 2.21. The lowest BCUT2D eigenvalue weighted by atomic mass is 10.2. The van der Waals surface area contributed by atoms with Crippen molar-refractivity contribution in [3.63, 3.8) is 0 Å². The molecule has 2 N–H and O–H groups in total. The summed E-state index contributed by atoms with van der Waals surface area (Å²) < 4.78 is 5.79. The van der Waals surface area contributed by atoms with Crippen molar-refractivity contribution in [1.82, 2.24) is 15.3 Å². The van der Waals surface area contributed by atoms with Crippen LogP contribution in [-0.4, -0.2) is 15.1 Å². The maximum absolute atomic E-state index is 5.79. The average Bonchev–Trinajstić information content (AvgIpc) is 3.04. The van der Waals surface area contributed by atoms with Crippen LogP contribution in [0.3, 0.4) is 0 Å². The van der Waals surface area contributed by atoms with Crippen LogP contribution in [0.25, 0.3) is 11.3 Å². The molecule has 0 saturated heterocycles. The number of nitrogens with zero attached hydrogens (tertiary/aromatic N) is 2. The predicted octanol–water partition coefficient (Wildman–Crippen LogP) is 3.22. The maximum atomic E-state index is 5.79. The summed E-state index contributed by atoms with van der Waals surface area (Å²) >= 11 is 5.19. The van der Waals surface area contributed by atoms with E-state index in [1.807, 2.05) is 42.5 Å². The van der Waals surface area contributed by atoms with Gasteiger partial charge in [0, 0.05) is 18.0 Å². The molecule has 6 heteroatoms. The topological polar surface area (TPSA) is 63.0 Å². The van der Waals surface area contributed by atoms with E-state index in [0.29, 0.717) is 17.6 Å². The second-order valence-corrected chi connectivity index (χ2v) is 4.92. The van der Waals surface area contributed by atoms with Gasteiger partial charge in [-0.15, -0.1) is 0 Å². The van der Waals surface area contributed by atoms with Crippen LogP contribution in [0.4, 0.5) is 5.95 Å². The number of aromatic nitrogens is 2. The van der Waals surface area contributed by atoms with Crippen LogP contribution in [0.2, 0.25) is 0 Å². The Kier molecular flexibility index (Phi) is 4.41. The Labute approximate surface area is 133 Å². The molecule has 3 rings (SSSR count). The van der Waals surface area contributed by atoms with E-state index in [-0.39, 0.29) is 0 Å². The third kappa shape index (κ3) is 3.67. The van der Waals surface area contributed by atoms with Crippen LogP contribution in [0.15, 0.2) is 65.3 Å². The highest BCUT2D eigenvalue weighted by atomic mass is 32.1. The average molecular weight is 310 g/mol. The third-order valence-corrected chi connectivity index (χ3v) is 3.18. The van der Waals surface area contributed by atoms with E-state index in [0.717, 1.165) is 17.1 Å². The summed E-state index contributed by atoms with van der Waals surface area (Å²) in [7, 11) is 0. The van der Waals surface area contributed by atoms with Gasteiger partial charge in [0.05, 0.1) is 6.54 Å². The summed E-state index contributed by atoms with van der Waals surface area (Å²) in [5.74, 6) is 2.10. The van der Waals surface area contributed by atoms with Crippen LogP contribution < -0.4 is 10.6 Å². The molecule has 2 aromatic heterocycles. The smallest absolute Gasteiger partial charge is 0.228 e. The van der Waals surface area contributed by atoms with E-state index >= 15 is 0 Å². The van der Waals surface area contributed by atoms with Crippen LogP contribution in [0.5, 0.6) is 0 Å². The standard InChI is InChI=1S/C16H14N4OS/c22-16(20-15-17-9-4-10-18-15)19-11-13-7-8-14(21-13)12-5-2-1-3-6-12/h1-10H,11H2,(H2,17,18,19,20,22). The molecule has 0 unspecified atom stereocenters. The normalized spacial score (nSPS) is 10.2. The van der Waals surface area contributed by atoms with Gasteiger partial charge in [-0.2, -0.15) is 0 Å². The number of benzene rings is 1. The molecular weight excluding hydrogens is 296 g/mol. The molecule has 0 aliphatic heterocycles. The fourth-order valence-electron chi connectivity index (χ4n) is 1.91. The second-order valence-electron chi connectivity index (χ2n) is 4.51. The number of furan rings is 1. The summed E-state index contributed by atoms with van der Waals surface area (Å²) in [5.41, 5.74) is 1.05. The lowest BCUT2D eigenvalue weighted by molar-refractivity contribution is 0.516. The Morgan fingerprint density at radius 2 is 1.77 bits per heavy atom. The number of anilines is 1. The molecule has 0 aliphatic carbocycles. The van der Waals surface area contributed by atoms with Gasteiger partial charge in [-0.1, -0.05) is 30.3 Å². The van der Waals surface area contributed by atoms with E-state index in [1.165, 1.54) is 0 Å². The summed E-state index contributed by atoms with van der Waals surface area (Å²) in [4.78, 5) is 8.09. The van der Waals surface area contributed by atoms with E-state index in [9.17, 15) is 0 Å². The highest BCUT2D eigenvalue weighted by molar-refractivity contribution is 7.80. The highest BCUT2D eigenvalue weighted by Gasteiger charge is 2.05. The van der Waals surface area contributed by atoms with Gasteiger partial charge in [-0.3, -0.25) is 0 Å². The molecule has 5 nitrogen and oxygen atoms in total. The van der Waals surface area contributed by atoms with Crippen molar-refractivity contribution in [2.45, 2.75) is 6.54 Å². The van der Waals surface area contributed by atoms with Gasteiger partial charge in [0.2, 0.25) is 5.95 Å². The first-order valence-corrected chi connectivity index (χ1v) is 7.18. The Bertz CT molecular complexity index is 743. The molecule has 0 radical (unpaired) electrons. The van der Waals surface area contributed by atoms with Crippen LogP contribution in [-0.2, 0) is 6.54 Å². The molecule has 0 aliphatic rings. The maximum Gasteiger partial charge on any atom is 0.228 e. The Balaban J connectivity index is 1.56. The van der Waals surface area contributed by atoms with Crippen LogP contribution >= 0.6 is 12.2 Å². The minimum absolute atomic E-state index is 0.448. The lowest BCUT2D eigenvalue weighted by Crippen LogP contribution is -2.28. The molecule has 0 atom stereocenters. The SMILES string of the molecule is S=C(NCc1ccc(-c2ccccc2)o1)Nc1ncccn1. The zero-order valence-corrected chi connectivity index (χ0v) is 12.5. The number of hydrogen-bond acceptors (Lipinski definition) is 4. The van der Waals surface area contributed by atoms with Gasteiger partial charge >= 0.3 is 0 Å². The van der Waals surface area contributed by atoms with Crippen molar-refractivity contribution in [2.24, 2.45) is 0 Å². The largest absolute Gasteiger partial charge is 0.459 e. The first-order chi connectivity index (χ1) is 10.8. The fourth-order valence-corrected chi connectivity index (χ4v) is 2.07. The summed E-state index contributed by atoms with van der Waals surface area (Å²) in [6.45, 7) is 0.492. The third-order valence-electron chi connectivity index (χ3n) is 2.93. The Morgan fingerprint density at radius 3 is 2.55 bits per heavy atom. The van der Waals surface area contributed by atoms with Crippen molar-refractivity contribution in [3.05, 3.63) is 66.7 Å². The van der Waals surface area contributed by atoms with Gasteiger partial charge in [-0.25, -0.2) is 9.97 Å². The zero-order chi connectivity index (χ0) is 15.2. The monoisotopic (exact) mass is 310 g/mol. The van der Waals surface area contributed by atoms with Crippen molar-refractivity contribution < 1.29 is 4.42 Å². The van der Waals surface area contributed by atoms with Crippen molar-refractivity contribution >= 4 is 23.3 Å². The first kappa shape index (κ1) is 14.2. The number of nitrogens with one attached hydrogen (secondary N) is 2. The van der Waals surface area contributed by atoms with E-state index in [1.54, 1.807) is 18.5 Å². The molecule has 0 spiro atoms. The zero-order valence-electron chi connectivity index (χ0n) is 11.7. The number of thiocarbonyl (C=S) groups is 1. The molecule has 1 aromatic carbocycles. The van der Waals surface area contributed by atoms with E-state index < -0.39 is 0 Å². The minimum atomic E-state index is 0.448. The molecule has 2 heterocycles. The van der Waals surface area contributed by atoms with Crippen LogP contribution in [0, 0.1) is 0 Å². The molecule has 3 aromatic rings. The van der Waals surface area contributed by atoms with Gasteiger partial charge in [0.1, 0.15) is 11.5 Å². The molecule has 0 bridgehead atoms. The van der Waals surface area contributed by atoms with Gasteiger partial charge in [-0.05, 0) is 30.4 Å². The van der Waals surface area contributed by atoms with Gasteiger partial charge in [0.15, 0.2) is 5.11 Å². The molecule has 22 heavy (non-hydrogen) atoms. The molecule has 0 fully saturated rings. The second kappa shape index (κ2) is 6.82.